The van der Waals surface area contributed by atoms with E-state index in [0.717, 1.165) is 17.4 Å². The molecule has 4 heteroatoms. The molecular weight excluding hydrogens is 423 g/mol. The Morgan fingerprint density at radius 1 is 1.00 bits per heavy atom. The highest BCUT2D eigenvalue weighted by molar-refractivity contribution is 6.58. The lowest BCUT2D eigenvalue weighted by Crippen LogP contribution is -2.21. The monoisotopic (exact) mass is 465 g/mol. The third-order valence-electron chi connectivity index (χ3n) is 7.74. The van der Waals surface area contributed by atoms with E-state index < -0.39 is 5.56 Å². The third-order valence-corrected chi connectivity index (χ3v) is 11.3. The van der Waals surface area contributed by atoms with E-state index in [2.05, 4.69) is 6.92 Å². The zero-order valence-electron chi connectivity index (χ0n) is 19.8. The molecule has 1 radical (unpaired) electrons. The summed E-state index contributed by atoms with van der Waals surface area (Å²) in [6.07, 6.45) is 15.9. The minimum absolute atomic E-state index is 0.0458. The molecule has 1 heterocycles. The summed E-state index contributed by atoms with van der Waals surface area (Å²) < 4.78 is 19.9. The van der Waals surface area contributed by atoms with Gasteiger partial charge in [-0.05, 0) is 67.6 Å². The van der Waals surface area contributed by atoms with Gasteiger partial charge in [0, 0.05) is 8.80 Å². The summed E-state index contributed by atoms with van der Waals surface area (Å²) in [5.41, 5.74) is 0.667. The highest BCUT2D eigenvalue weighted by Gasteiger charge is 2.24. The molecule has 0 aromatic heterocycles. The highest BCUT2D eigenvalue weighted by atomic mass is 35.5. The van der Waals surface area contributed by atoms with Gasteiger partial charge in [0.25, 0.3) is 0 Å². The van der Waals surface area contributed by atoms with Gasteiger partial charge in [-0.3, -0.25) is 0 Å². The number of benzene rings is 1. The van der Waals surface area contributed by atoms with Crippen LogP contribution in [0.15, 0.2) is 18.2 Å². The molecule has 0 spiro atoms. The molecule has 1 aliphatic heterocycles. The number of hydrogen-bond donors (Lipinski definition) is 0. The molecule has 0 bridgehead atoms. The van der Waals surface area contributed by atoms with Gasteiger partial charge >= 0.3 is 0 Å². The Hall–Kier alpha value is -0.543. The van der Waals surface area contributed by atoms with Crippen LogP contribution in [0.4, 0.5) is 4.39 Å². The molecule has 3 rings (SSSR count). The van der Waals surface area contributed by atoms with Crippen molar-refractivity contribution in [1.82, 2.24) is 0 Å². The first-order chi connectivity index (χ1) is 15.1. The van der Waals surface area contributed by atoms with Gasteiger partial charge in [-0.1, -0.05) is 94.6 Å². The quantitative estimate of drug-likeness (QED) is 0.179. The van der Waals surface area contributed by atoms with Gasteiger partial charge in [-0.25, -0.2) is 4.39 Å². The number of unbranched alkanes of at least 4 members (excludes halogenated alkanes) is 1. The first kappa shape index (κ1) is 25.1. The molecule has 31 heavy (non-hydrogen) atoms. The Kier molecular flexibility index (Phi) is 10.7. The van der Waals surface area contributed by atoms with Crippen LogP contribution in [-0.2, 0) is 0 Å². The Morgan fingerprint density at radius 2 is 1.65 bits per heavy atom. The molecule has 0 amide bonds. The summed E-state index contributed by atoms with van der Waals surface area (Å²) in [7, 11) is 0.0458. The molecule has 1 unspecified atom stereocenters. The van der Waals surface area contributed by atoms with E-state index in [1.807, 2.05) is 13.0 Å². The fraction of sp³-hybridized carbons (Fsp3) is 0.778. The third kappa shape index (κ3) is 8.07. The van der Waals surface area contributed by atoms with E-state index in [4.69, 9.17) is 16.3 Å². The predicted octanol–water partition coefficient (Wildman–Crippen LogP) is 9.33. The molecule has 0 N–H and O–H groups in total. The van der Waals surface area contributed by atoms with Crippen molar-refractivity contribution in [3.05, 3.63) is 29.6 Å². The molecule has 1 aromatic carbocycles. The molecule has 1 nitrogen and oxygen atoms in total. The summed E-state index contributed by atoms with van der Waals surface area (Å²) >= 11 is 6.00. The largest absolute Gasteiger partial charge is 0.472 e. The molecule has 2 aliphatic rings. The summed E-state index contributed by atoms with van der Waals surface area (Å²) in [6, 6.07) is 10.2. The van der Waals surface area contributed by atoms with Gasteiger partial charge in [0.05, 0.1) is 0 Å². The van der Waals surface area contributed by atoms with Crippen LogP contribution in [0.3, 0.4) is 0 Å². The van der Waals surface area contributed by atoms with Gasteiger partial charge in [0.2, 0.25) is 0 Å². The van der Waals surface area contributed by atoms with E-state index in [-0.39, 0.29) is 20.4 Å². The van der Waals surface area contributed by atoms with E-state index in [9.17, 15) is 4.39 Å². The van der Waals surface area contributed by atoms with Crippen molar-refractivity contribution in [1.29, 1.82) is 0 Å². The van der Waals surface area contributed by atoms with Crippen LogP contribution >= 0.6 is 11.6 Å². The molecule has 1 saturated carbocycles. The van der Waals surface area contributed by atoms with Crippen LogP contribution in [-0.4, -0.2) is 14.4 Å². The maximum atomic E-state index is 14.4. The second-order valence-electron chi connectivity index (χ2n) is 10.1. The average molecular weight is 466 g/mol. The number of hydrogen-bond acceptors (Lipinski definition) is 1. The van der Waals surface area contributed by atoms with Crippen LogP contribution in [0.1, 0.15) is 102 Å². The van der Waals surface area contributed by atoms with Crippen LogP contribution in [0.5, 0.6) is 5.75 Å². The summed E-state index contributed by atoms with van der Waals surface area (Å²) in [6.45, 7) is 4.28. The van der Waals surface area contributed by atoms with Crippen molar-refractivity contribution < 1.29 is 9.13 Å². The van der Waals surface area contributed by atoms with Gasteiger partial charge in [0.1, 0.15) is 0 Å². The first-order valence-electron chi connectivity index (χ1n) is 13.0. The molecule has 1 atom stereocenters. The molecule has 175 valence electrons. The lowest BCUT2D eigenvalue weighted by molar-refractivity contribution is 0.263. The summed E-state index contributed by atoms with van der Waals surface area (Å²) in [4.78, 5) is 0. The maximum absolute atomic E-state index is 14.4. The van der Waals surface area contributed by atoms with E-state index in [0.29, 0.717) is 12.3 Å². The molecular formula is C27H43ClFOSi. The van der Waals surface area contributed by atoms with Crippen molar-refractivity contribution >= 4 is 20.4 Å². The topological polar surface area (TPSA) is 9.23 Å². The minimum atomic E-state index is -0.465. The number of ether oxygens (including phenoxy) is 1. The van der Waals surface area contributed by atoms with Gasteiger partial charge in [-0.15, -0.1) is 0 Å². The first-order valence-corrected chi connectivity index (χ1v) is 15.6. The van der Waals surface area contributed by atoms with Crippen LogP contribution in [0, 0.1) is 17.7 Å². The van der Waals surface area contributed by atoms with Crippen molar-refractivity contribution in [3.63, 3.8) is 0 Å². The van der Waals surface area contributed by atoms with Crippen molar-refractivity contribution in [2.24, 2.45) is 11.8 Å². The lowest BCUT2D eigenvalue weighted by atomic mass is 9.77. The molecule has 1 aliphatic carbocycles. The minimum Gasteiger partial charge on any atom is -0.472 e. The van der Waals surface area contributed by atoms with E-state index >= 15 is 0 Å². The maximum Gasteiger partial charge on any atom is 0.172 e. The fourth-order valence-corrected chi connectivity index (χ4v) is 8.90. The van der Waals surface area contributed by atoms with Gasteiger partial charge in [0.15, 0.2) is 17.1 Å². The zero-order chi connectivity index (χ0) is 22.1. The van der Waals surface area contributed by atoms with Gasteiger partial charge in [-0.2, -0.15) is 0 Å². The Labute approximate surface area is 197 Å². The second kappa shape index (κ2) is 13.2. The van der Waals surface area contributed by atoms with Crippen molar-refractivity contribution in [2.75, 3.05) is 0 Å². The molecule has 1 saturated heterocycles. The normalized spacial score (nSPS) is 24.3. The van der Waals surface area contributed by atoms with Gasteiger partial charge < -0.3 is 4.74 Å². The summed E-state index contributed by atoms with van der Waals surface area (Å²) in [5.74, 6) is 2.42. The number of halogens is 2. The Balaban J connectivity index is 1.31. The second-order valence-corrected chi connectivity index (χ2v) is 13.6. The number of alkyl halides is 1. The van der Waals surface area contributed by atoms with Crippen LogP contribution in [0.25, 0.3) is 0 Å². The number of rotatable bonds is 11. The Morgan fingerprint density at radius 3 is 2.23 bits per heavy atom. The highest BCUT2D eigenvalue weighted by Crippen LogP contribution is 2.39. The lowest BCUT2D eigenvalue weighted by Gasteiger charge is -2.30. The van der Waals surface area contributed by atoms with Crippen molar-refractivity contribution in [3.8, 4) is 5.75 Å². The Bertz CT molecular complexity index is 638. The van der Waals surface area contributed by atoms with Crippen molar-refractivity contribution in [2.45, 2.75) is 121 Å². The average Bonchev–Trinajstić information content (AvgIpc) is 2.79. The smallest absolute Gasteiger partial charge is 0.172 e. The van der Waals surface area contributed by atoms with E-state index in [1.54, 1.807) is 30.3 Å². The zero-order valence-corrected chi connectivity index (χ0v) is 21.6. The molecule has 1 aromatic rings. The standard InChI is InChI=1S/C27H43ClFOSi/c1-3-17-31-18-15-22(16-19-31)8-6-5-7-21-9-11-23(12-10-21)24-13-14-26(25(29)20-24)30-27(28)4-2/h13-14,20-23,27H,3-12,15-19H2,1-2H3. The van der Waals surface area contributed by atoms with E-state index in [1.165, 1.54) is 70.6 Å². The molecule has 2 fully saturated rings. The van der Waals surface area contributed by atoms with Crippen LogP contribution < -0.4 is 4.74 Å². The predicted molar refractivity (Wildman–Crippen MR) is 133 cm³/mol. The fourth-order valence-electron chi connectivity index (χ4n) is 5.72. The SMILES string of the molecule is CCC[Si]1CCC(CCCCC2CCC(c3ccc(OC(Cl)CC)c(F)c3)CC2)CC1. The summed E-state index contributed by atoms with van der Waals surface area (Å²) in [5, 5.41) is 0. The van der Waals surface area contributed by atoms with Crippen LogP contribution in [0.2, 0.25) is 18.1 Å².